The van der Waals surface area contributed by atoms with Crippen LogP contribution in [-0.2, 0) is 13.0 Å². The number of rotatable bonds is 6. The smallest absolute Gasteiger partial charge is 0.249 e. The molecule has 3 aromatic rings. The molecule has 0 bridgehead atoms. The van der Waals surface area contributed by atoms with Crippen molar-refractivity contribution >= 4 is 17.5 Å². The van der Waals surface area contributed by atoms with E-state index < -0.39 is 0 Å². The molecule has 6 heteroatoms. The summed E-state index contributed by atoms with van der Waals surface area (Å²) < 4.78 is 0. The number of aryl methyl sites for hydroxylation is 1. The topological polar surface area (TPSA) is 57.2 Å². The Morgan fingerprint density at radius 3 is 2.36 bits per heavy atom. The molecule has 28 heavy (non-hydrogen) atoms. The third-order valence-corrected chi connectivity index (χ3v) is 5.11. The van der Waals surface area contributed by atoms with E-state index in [1.165, 1.54) is 11.1 Å². The highest BCUT2D eigenvalue weighted by molar-refractivity contribution is 5.54. The minimum absolute atomic E-state index is 0.536. The van der Waals surface area contributed by atoms with Crippen molar-refractivity contribution in [1.82, 2.24) is 20.1 Å². The first-order valence-corrected chi connectivity index (χ1v) is 9.87. The number of aromatic nitrogens is 3. The third-order valence-electron chi connectivity index (χ3n) is 5.11. The predicted molar refractivity (Wildman–Crippen MR) is 113 cm³/mol. The number of hydrogen-bond acceptors (Lipinski definition) is 6. The molecule has 0 aliphatic carbocycles. The van der Waals surface area contributed by atoms with Crippen LogP contribution in [0.1, 0.15) is 18.1 Å². The van der Waals surface area contributed by atoms with Gasteiger partial charge < -0.3 is 10.2 Å². The first-order valence-electron chi connectivity index (χ1n) is 9.87. The summed E-state index contributed by atoms with van der Waals surface area (Å²) in [6.07, 6.45) is 2.78. The summed E-state index contributed by atoms with van der Waals surface area (Å²) in [6.45, 7) is 7.06. The van der Waals surface area contributed by atoms with Crippen LogP contribution in [0, 0.1) is 0 Å². The van der Waals surface area contributed by atoms with Crippen LogP contribution in [0.5, 0.6) is 0 Å². The molecule has 0 atom stereocenters. The molecule has 0 saturated carbocycles. The van der Waals surface area contributed by atoms with E-state index in [0.717, 1.165) is 50.6 Å². The molecule has 0 spiro atoms. The summed E-state index contributed by atoms with van der Waals surface area (Å²) in [7, 11) is 0. The summed E-state index contributed by atoms with van der Waals surface area (Å²) in [4.78, 5) is 9.43. The molecular weight excluding hydrogens is 348 g/mol. The van der Waals surface area contributed by atoms with Crippen molar-refractivity contribution in [2.24, 2.45) is 0 Å². The molecule has 1 saturated heterocycles. The molecular formula is C22H26N6. The van der Waals surface area contributed by atoms with E-state index in [2.05, 4.69) is 91.8 Å². The van der Waals surface area contributed by atoms with Gasteiger partial charge in [-0.1, -0.05) is 49.4 Å². The highest BCUT2D eigenvalue weighted by Crippen LogP contribution is 2.18. The van der Waals surface area contributed by atoms with Gasteiger partial charge in [-0.05, 0) is 29.7 Å². The van der Waals surface area contributed by atoms with Gasteiger partial charge in [-0.3, -0.25) is 4.90 Å². The zero-order valence-corrected chi connectivity index (χ0v) is 16.3. The van der Waals surface area contributed by atoms with Gasteiger partial charge in [0, 0.05) is 38.4 Å². The fourth-order valence-corrected chi connectivity index (χ4v) is 3.43. The highest BCUT2D eigenvalue weighted by atomic mass is 15.3. The molecule has 0 radical (unpaired) electrons. The van der Waals surface area contributed by atoms with Crippen molar-refractivity contribution in [3.63, 3.8) is 0 Å². The van der Waals surface area contributed by atoms with Crippen LogP contribution in [0.4, 0.5) is 17.5 Å². The maximum Gasteiger partial charge on any atom is 0.249 e. The molecule has 2 heterocycles. The Labute approximate surface area is 166 Å². The molecule has 4 rings (SSSR count). The Hall–Kier alpha value is -2.99. The lowest BCUT2D eigenvalue weighted by molar-refractivity contribution is 0.249. The van der Waals surface area contributed by atoms with E-state index in [0.29, 0.717) is 5.95 Å². The molecule has 144 valence electrons. The van der Waals surface area contributed by atoms with Gasteiger partial charge in [0.1, 0.15) is 0 Å². The highest BCUT2D eigenvalue weighted by Gasteiger charge is 2.19. The standard InChI is InChI=1S/C22H26N6/c1-2-18-8-10-20(11-9-18)24-22-25-21(16-23-26-22)28-14-12-27(13-15-28)17-19-6-4-3-5-7-19/h3-11,16H,2,12-15,17H2,1H3,(H,24,25,26). The van der Waals surface area contributed by atoms with Crippen molar-refractivity contribution < 1.29 is 0 Å². The average molecular weight is 374 g/mol. The maximum absolute atomic E-state index is 4.67. The lowest BCUT2D eigenvalue weighted by Crippen LogP contribution is -2.46. The number of nitrogens with zero attached hydrogens (tertiary/aromatic N) is 5. The largest absolute Gasteiger partial charge is 0.353 e. The molecule has 2 aromatic carbocycles. The summed E-state index contributed by atoms with van der Waals surface area (Å²) in [5.74, 6) is 1.41. The number of piperazine rings is 1. The van der Waals surface area contributed by atoms with E-state index in [4.69, 9.17) is 0 Å². The maximum atomic E-state index is 4.67. The van der Waals surface area contributed by atoms with Crippen molar-refractivity contribution in [2.75, 3.05) is 36.4 Å². The number of nitrogens with one attached hydrogen (secondary N) is 1. The normalized spacial score (nSPS) is 14.8. The second kappa shape index (κ2) is 8.80. The van der Waals surface area contributed by atoms with Crippen LogP contribution in [-0.4, -0.2) is 46.3 Å². The summed E-state index contributed by atoms with van der Waals surface area (Å²) in [5.41, 5.74) is 3.65. The van der Waals surface area contributed by atoms with Crippen LogP contribution in [0.15, 0.2) is 60.8 Å². The Kier molecular flexibility index (Phi) is 5.77. The first kappa shape index (κ1) is 18.4. The zero-order chi connectivity index (χ0) is 19.2. The minimum atomic E-state index is 0.536. The van der Waals surface area contributed by atoms with Crippen LogP contribution >= 0.6 is 0 Å². The number of benzene rings is 2. The Morgan fingerprint density at radius 1 is 0.893 bits per heavy atom. The van der Waals surface area contributed by atoms with Gasteiger partial charge in [0.15, 0.2) is 5.82 Å². The molecule has 1 aliphatic rings. The van der Waals surface area contributed by atoms with Gasteiger partial charge >= 0.3 is 0 Å². The Balaban J connectivity index is 1.35. The van der Waals surface area contributed by atoms with Crippen LogP contribution in [0.2, 0.25) is 0 Å². The second-order valence-corrected chi connectivity index (χ2v) is 7.06. The number of anilines is 3. The van der Waals surface area contributed by atoms with Crippen molar-refractivity contribution in [2.45, 2.75) is 19.9 Å². The van der Waals surface area contributed by atoms with Gasteiger partial charge in [-0.15, -0.1) is 5.10 Å². The quantitative estimate of drug-likeness (QED) is 0.713. The first-order chi connectivity index (χ1) is 13.8. The fourth-order valence-electron chi connectivity index (χ4n) is 3.43. The van der Waals surface area contributed by atoms with Crippen molar-refractivity contribution in [3.8, 4) is 0 Å². The minimum Gasteiger partial charge on any atom is -0.353 e. The van der Waals surface area contributed by atoms with Gasteiger partial charge in [-0.25, -0.2) is 0 Å². The van der Waals surface area contributed by atoms with Gasteiger partial charge in [-0.2, -0.15) is 10.1 Å². The summed E-state index contributed by atoms with van der Waals surface area (Å²) >= 11 is 0. The van der Waals surface area contributed by atoms with Gasteiger partial charge in [0.05, 0.1) is 6.20 Å². The Bertz CT molecular complexity index is 873. The van der Waals surface area contributed by atoms with E-state index in [9.17, 15) is 0 Å². The third kappa shape index (κ3) is 4.64. The summed E-state index contributed by atoms with van der Waals surface area (Å²) in [5, 5.41) is 11.5. The van der Waals surface area contributed by atoms with E-state index in [1.807, 2.05) is 0 Å². The molecule has 1 fully saturated rings. The number of hydrogen-bond donors (Lipinski definition) is 1. The average Bonchev–Trinajstić information content (AvgIpc) is 2.76. The SMILES string of the molecule is CCc1ccc(Nc2nncc(N3CCN(Cc4ccccc4)CC3)n2)cc1. The van der Waals surface area contributed by atoms with E-state index in [-0.39, 0.29) is 0 Å². The summed E-state index contributed by atoms with van der Waals surface area (Å²) in [6, 6.07) is 19.0. The molecule has 0 amide bonds. The predicted octanol–water partition coefficient (Wildman–Crippen LogP) is 3.50. The fraction of sp³-hybridized carbons (Fsp3) is 0.318. The van der Waals surface area contributed by atoms with E-state index >= 15 is 0 Å². The molecule has 6 nitrogen and oxygen atoms in total. The van der Waals surface area contributed by atoms with Crippen LogP contribution in [0.3, 0.4) is 0 Å². The lowest BCUT2D eigenvalue weighted by Gasteiger charge is -2.35. The zero-order valence-electron chi connectivity index (χ0n) is 16.3. The molecule has 1 N–H and O–H groups in total. The molecule has 1 aromatic heterocycles. The van der Waals surface area contributed by atoms with Gasteiger partial charge in [0.2, 0.25) is 5.95 Å². The molecule has 1 aliphatic heterocycles. The molecule has 0 unspecified atom stereocenters. The van der Waals surface area contributed by atoms with Crippen LogP contribution < -0.4 is 10.2 Å². The monoisotopic (exact) mass is 374 g/mol. The van der Waals surface area contributed by atoms with Crippen LogP contribution in [0.25, 0.3) is 0 Å². The lowest BCUT2D eigenvalue weighted by atomic mass is 10.1. The van der Waals surface area contributed by atoms with Gasteiger partial charge in [0.25, 0.3) is 0 Å². The van der Waals surface area contributed by atoms with Crippen molar-refractivity contribution in [3.05, 3.63) is 71.9 Å². The Morgan fingerprint density at radius 2 is 1.64 bits per heavy atom. The van der Waals surface area contributed by atoms with Crippen molar-refractivity contribution in [1.29, 1.82) is 0 Å². The second-order valence-electron chi connectivity index (χ2n) is 7.06. The van der Waals surface area contributed by atoms with E-state index in [1.54, 1.807) is 6.20 Å².